The highest BCUT2D eigenvalue weighted by atomic mass is 19.1. The smallest absolute Gasteiger partial charge is 0.188 e. The second-order valence-electron chi connectivity index (χ2n) is 2.00. The Morgan fingerprint density at radius 2 is 1.91 bits per heavy atom. The minimum atomic E-state index is -0.269. The largest absolute Gasteiger partial charge is 0.468 e. The maximum atomic E-state index is 12.3. The Balaban J connectivity index is 2.52. The van der Waals surface area contributed by atoms with Gasteiger partial charge in [-0.1, -0.05) is 0 Å². The first-order valence-electron chi connectivity index (χ1n) is 3.20. The zero-order valence-electron chi connectivity index (χ0n) is 6.21. The fourth-order valence-corrected chi connectivity index (χ4v) is 0.658. The molecule has 60 valence electrons. The van der Waals surface area contributed by atoms with E-state index in [9.17, 15) is 4.39 Å². The molecule has 1 rings (SSSR count). The summed E-state index contributed by atoms with van der Waals surface area (Å²) in [5.74, 6) is 0.336. The molecule has 0 spiro atoms. The van der Waals surface area contributed by atoms with Gasteiger partial charge >= 0.3 is 0 Å². The Hall–Kier alpha value is -1.09. The van der Waals surface area contributed by atoms with Crippen LogP contribution >= 0.6 is 0 Å². The van der Waals surface area contributed by atoms with E-state index in [2.05, 4.69) is 4.74 Å². The third-order valence-electron chi connectivity index (χ3n) is 1.16. The van der Waals surface area contributed by atoms with Crippen molar-refractivity contribution in [2.45, 2.75) is 0 Å². The lowest BCUT2D eigenvalue weighted by atomic mass is 10.3. The van der Waals surface area contributed by atoms with Gasteiger partial charge in [-0.25, -0.2) is 4.39 Å². The summed E-state index contributed by atoms with van der Waals surface area (Å²) in [7, 11) is 1.53. The summed E-state index contributed by atoms with van der Waals surface area (Å²) in [5, 5.41) is 0. The quantitative estimate of drug-likeness (QED) is 0.621. The van der Waals surface area contributed by atoms with E-state index in [1.807, 2.05) is 0 Å². The first-order chi connectivity index (χ1) is 5.33. The molecule has 0 fully saturated rings. The molecule has 0 N–H and O–H groups in total. The van der Waals surface area contributed by atoms with Gasteiger partial charge in [-0.3, -0.25) is 0 Å². The molecular formula is C8H9FO2. The molecule has 0 saturated carbocycles. The highest BCUT2D eigenvalue weighted by Gasteiger charge is 1.91. The van der Waals surface area contributed by atoms with Crippen molar-refractivity contribution in [1.82, 2.24) is 0 Å². The monoisotopic (exact) mass is 156 g/mol. The molecule has 3 heteroatoms. The predicted octanol–water partition coefficient (Wildman–Crippen LogP) is 1.81. The minimum Gasteiger partial charge on any atom is -0.468 e. The summed E-state index contributed by atoms with van der Waals surface area (Å²) in [6.45, 7) is 0.186. The predicted molar refractivity (Wildman–Crippen MR) is 38.9 cm³/mol. The number of benzene rings is 1. The molecule has 0 amide bonds. The van der Waals surface area contributed by atoms with Crippen LogP contribution in [0, 0.1) is 5.82 Å². The molecule has 1 aromatic rings. The van der Waals surface area contributed by atoms with Crippen LogP contribution in [0.1, 0.15) is 0 Å². The number of hydrogen-bond acceptors (Lipinski definition) is 2. The average Bonchev–Trinajstić information content (AvgIpc) is 2.04. The molecule has 0 saturated heterocycles. The normalized spacial score (nSPS) is 9.64. The molecule has 0 aliphatic carbocycles. The first-order valence-corrected chi connectivity index (χ1v) is 3.20. The molecule has 11 heavy (non-hydrogen) atoms. The molecular weight excluding hydrogens is 147 g/mol. The van der Waals surface area contributed by atoms with E-state index in [0.29, 0.717) is 5.75 Å². The van der Waals surface area contributed by atoms with Crippen molar-refractivity contribution in [1.29, 1.82) is 0 Å². The zero-order chi connectivity index (χ0) is 8.10. The first kappa shape index (κ1) is 8.01. The molecule has 0 heterocycles. The van der Waals surface area contributed by atoms with Gasteiger partial charge in [0, 0.05) is 7.11 Å². The summed E-state index contributed by atoms with van der Waals surface area (Å²) < 4.78 is 22.0. The van der Waals surface area contributed by atoms with Crippen LogP contribution in [0.5, 0.6) is 5.75 Å². The van der Waals surface area contributed by atoms with E-state index in [1.54, 1.807) is 12.1 Å². The number of methoxy groups -OCH3 is 1. The lowest BCUT2D eigenvalue weighted by Gasteiger charge is -2.02. The van der Waals surface area contributed by atoms with Crippen LogP contribution in [-0.4, -0.2) is 13.9 Å². The lowest BCUT2D eigenvalue weighted by Crippen LogP contribution is -1.98. The number of rotatable bonds is 3. The van der Waals surface area contributed by atoms with E-state index < -0.39 is 0 Å². The average molecular weight is 156 g/mol. The van der Waals surface area contributed by atoms with Gasteiger partial charge in [-0.05, 0) is 24.3 Å². The van der Waals surface area contributed by atoms with Crippen LogP contribution in [-0.2, 0) is 4.74 Å². The second-order valence-corrected chi connectivity index (χ2v) is 2.00. The molecule has 0 atom stereocenters. The maximum absolute atomic E-state index is 12.3. The van der Waals surface area contributed by atoms with Crippen molar-refractivity contribution < 1.29 is 13.9 Å². The van der Waals surface area contributed by atoms with Crippen molar-refractivity contribution >= 4 is 0 Å². The van der Waals surface area contributed by atoms with Gasteiger partial charge in [0.15, 0.2) is 6.79 Å². The third-order valence-corrected chi connectivity index (χ3v) is 1.16. The maximum Gasteiger partial charge on any atom is 0.188 e. The van der Waals surface area contributed by atoms with Gasteiger partial charge < -0.3 is 9.47 Å². The summed E-state index contributed by atoms with van der Waals surface area (Å²) in [5.41, 5.74) is 0. The van der Waals surface area contributed by atoms with Crippen molar-refractivity contribution in [3.8, 4) is 5.75 Å². The van der Waals surface area contributed by atoms with E-state index >= 15 is 0 Å². The lowest BCUT2D eigenvalue weighted by molar-refractivity contribution is 0.0511. The Labute approximate surface area is 64.6 Å². The zero-order valence-corrected chi connectivity index (χ0v) is 6.21. The van der Waals surface area contributed by atoms with Crippen molar-refractivity contribution in [2.75, 3.05) is 13.9 Å². The van der Waals surface area contributed by atoms with Gasteiger partial charge in [0.25, 0.3) is 0 Å². The Bertz CT molecular complexity index is 208. The number of ether oxygens (including phenoxy) is 2. The Morgan fingerprint density at radius 1 is 1.27 bits per heavy atom. The SMILES string of the molecule is COCOc1ccc(F)cc1. The molecule has 0 aromatic heterocycles. The second kappa shape index (κ2) is 3.93. The minimum absolute atomic E-state index is 0.186. The van der Waals surface area contributed by atoms with Crippen molar-refractivity contribution in [2.24, 2.45) is 0 Å². The van der Waals surface area contributed by atoms with Crippen LogP contribution in [0.2, 0.25) is 0 Å². The van der Waals surface area contributed by atoms with E-state index in [1.165, 1.54) is 19.2 Å². The highest BCUT2D eigenvalue weighted by Crippen LogP contribution is 2.10. The molecule has 0 radical (unpaired) electrons. The van der Waals surface area contributed by atoms with Gasteiger partial charge in [0.2, 0.25) is 0 Å². The van der Waals surface area contributed by atoms with E-state index in [0.717, 1.165) is 0 Å². The van der Waals surface area contributed by atoms with Gasteiger partial charge in [0.1, 0.15) is 11.6 Å². The molecule has 1 aromatic carbocycles. The van der Waals surface area contributed by atoms with Crippen LogP contribution in [0.3, 0.4) is 0 Å². The summed E-state index contributed by atoms with van der Waals surface area (Å²) >= 11 is 0. The Kier molecular flexibility index (Phi) is 2.86. The highest BCUT2D eigenvalue weighted by molar-refractivity contribution is 5.21. The fraction of sp³-hybridized carbons (Fsp3) is 0.250. The van der Waals surface area contributed by atoms with Crippen LogP contribution in [0.25, 0.3) is 0 Å². The van der Waals surface area contributed by atoms with Gasteiger partial charge in [0.05, 0.1) is 0 Å². The van der Waals surface area contributed by atoms with Crippen molar-refractivity contribution in [3.05, 3.63) is 30.1 Å². The van der Waals surface area contributed by atoms with Crippen LogP contribution in [0.15, 0.2) is 24.3 Å². The topological polar surface area (TPSA) is 18.5 Å². The van der Waals surface area contributed by atoms with Gasteiger partial charge in [-0.2, -0.15) is 0 Å². The van der Waals surface area contributed by atoms with Gasteiger partial charge in [-0.15, -0.1) is 0 Å². The van der Waals surface area contributed by atoms with E-state index in [4.69, 9.17) is 4.74 Å². The third kappa shape index (κ3) is 2.55. The van der Waals surface area contributed by atoms with E-state index in [-0.39, 0.29) is 12.6 Å². The summed E-state index contributed by atoms with van der Waals surface area (Å²) in [6, 6.07) is 5.78. The number of halogens is 1. The molecule has 0 unspecified atom stereocenters. The standard InChI is InChI=1S/C8H9FO2/c1-10-6-11-8-4-2-7(9)3-5-8/h2-5H,6H2,1H3. The summed E-state index contributed by atoms with van der Waals surface area (Å²) in [6.07, 6.45) is 0. The molecule has 0 aliphatic rings. The molecule has 0 bridgehead atoms. The fourth-order valence-electron chi connectivity index (χ4n) is 0.658. The molecule has 2 nitrogen and oxygen atoms in total. The summed E-state index contributed by atoms with van der Waals surface area (Å²) in [4.78, 5) is 0. The Morgan fingerprint density at radius 3 is 2.45 bits per heavy atom. The molecule has 0 aliphatic heterocycles. The van der Waals surface area contributed by atoms with Crippen LogP contribution in [0.4, 0.5) is 4.39 Å². The number of hydrogen-bond donors (Lipinski definition) is 0. The van der Waals surface area contributed by atoms with Crippen LogP contribution < -0.4 is 4.74 Å². The van der Waals surface area contributed by atoms with Crippen molar-refractivity contribution in [3.63, 3.8) is 0 Å².